The van der Waals surface area contributed by atoms with Crippen molar-refractivity contribution in [2.45, 2.75) is 12.3 Å². The molecule has 0 aliphatic carbocycles. The third-order valence-corrected chi connectivity index (χ3v) is 1.29. The molecule has 2 unspecified atom stereocenters. The molecule has 0 aliphatic heterocycles. The Balaban J connectivity index is 3.14. The van der Waals surface area contributed by atoms with Crippen molar-refractivity contribution in [1.29, 1.82) is 0 Å². The average Bonchev–Trinajstić information content (AvgIpc) is 1.65. The van der Waals surface area contributed by atoms with Gasteiger partial charge in [-0.2, -0.15) is 0 Å². The molecule has 0 N–H and O–H groups in total. The largest absolute Gasteiger partial charge is 0.251 e. The molecular weight excluding hydrogens is 115 g/mol. The molecule has 43 valence electrons. The molecule has 7 heavy (non-hydrogen) atoms. The van der Waals surface area contributed by atoms with Gasteiger partial charge in [0.1, 0.15) is 0 Å². The fraction of sp³-hybridized carbons (Fsp3) is 0.800. The maximum atomic E-state index is 11.5. The van der Waals surface area contributed by atoms with Crippen molar-refractivity contribution in [3.8, 4) is 0 Å². The zero-order valence-corrected chi connectivity index (χ0v) is 5.08. The molecule has 0 aliphatic rings. The minimum Gasteiger partial charge on any atom is -0.251 e. The monoisotopic (exact) mass is 123 g/mol. The van der Waals surface area contributed by atoms with Crippen LogP contribution in [-0.4, -0.2) is 12.1 Å². The summed E-state index contributed by atoms with van der Waals surface area (Å²) in [6, 6.07) is 0. The molecule has 0 saturated carbocycles. The predicted octanol–water partition coefficient (Wildman–Crippen LogP) is 2.03. The number of hydrogen-bond donors (Lipinski definition) is 0. The molecule has 0 aromatic heterocycles. The molecule has 0 spiro atoms. The Morgan fingerprint density at radius 2 is 2.29 bits per heavy atom. The van der Waals surface area contributed by atoms with Crippen molar-refractivity contribution in [3.63, 3.8) is 0 Å². The van der Waals surface area contributed by atoms with Gasteiger partial charge in [-0.05, 0) is 6.92 Å². The van der Waals surface area contributed by atoms with E-state index in [1.54, 1.807) is 6.92 Å². The van der Waals surface area contributed by atoms with Gasteiger partial charge in [0.2, 0.25) is 0 Å². The number of rotatable bonds is 2. The van der Waals surface area contributed by atoms with Gasteiger partial charge in [0.15, 0.2) is 0 Å². The van der Waals surface area contributed by atoms with Gasteiger partial charge in [0.25, 0.3) is 0 Å². The van der Waals surface area contributed by atoms with Crippen molar-refractivity contribution < 1.29 is 4.39 Å². The van der Waals surface area contributed by atoms with Gasteiger partial charge in [-0.1, -0.05) is 6.92 Å². The third kappa shape index (κ3) is 2.86. The van der Waals surface area contributed by atoms with Crippen molar-refractivity contribution in [1.82, 2.24) is 0 Å². The van der Waals surface area contributed by atoms with E-state index in [2.05, 4.69) is 6.92 Å². The van der Waals surface area contributed by atoms with Crippen LogP contribution in [0.5, 0.6) is 0 Å². The van der Waals surface area contributed by atoms with Gasteiger partial charge in [-0.3, -0.25) is 4.39 Å². The van der Waals surface area contributed by atoms with Gasteiger partial charge < -0.3 is 0 Å². The summed E-state index contributed by atoms with van der Waals surface area (Å²) in [6.07, 6.45) is 0. The second kappa shape index (κ2) is 3.25. The number of hydrogen-bond acceptors (Lipinski definition) is 0. The first-order chi connectivity index (χ1) is 3.18. The molecule has 0 amide bonds. The standard InChI is InChI=1S/C5H9ClF/c1-4(3-7)5(2)6/h4-5H,2-3H2,1H3. The minimum absolute atomic E-state index is 0.110. The Morgan fingerprint density at radius 3 is 2.29 bits per heavy atom. The summed E-state index contributed by atoms with van der Waals surface area (Å²) in [7, 11) is 0. The maximum absolute atomic E-state index is 11.5. The van der Waals surface area contributed by atoms with E-state index >= 15 is 0 Å². The van der Waals surface area contributed by atoms with Crippen LogP contribution in [0.2, 0.25) is 0 Å². The van der Waals surface area contributed by atoms with Crippen molar-refractivity contribution in [3.05, 3.63) is 6.92 Å². The molecule has 0 aromatic carbocycles. The van der Waals surface area contributed by atoms with E-state index in [4.69, 9.17) is 11.6 Å². The highest BCUT2D eigenvalue weighted by molar-refractivity contribution is 6.21. The van der Waals surface area contributed by atoms with Gasteiger partial charge >= 0.3 is 0 Å². The first kappa shape index (κ1) is 7.22. The van der Waals surface area contributed by atoms with Gasteiger partial charge in [-0.15, -0.1) is 11.6 Å². The summed E-state index contributed by atoms with van der Waals surface area (Å²) in [6.45, 7) is 4.78. The predicted molar refractivity (Wildman–Crippen MR) is 30.1 cm³/mol. The molecule has 2 atom stereocenters. The lowest BCUT2D eigenvalue weighted by Gasteiger charge is -2.05. The van der Waals surface area contributed by atoms with Crippen molar-refractivity contribution in [2.24, 2.45) is 5.92 Å². The van der Waals surface area contributed by atoms with E-state index in [-0.39, 0.29) is 18.0 Å². The van der Waals surface area contributed by atoms with Crippen LogP contribution < -0.4 is 0 Å². The molecule has 1 radical (unpaired) electrons. The van der Waals surface area contributed by atoms with E-state index in [9.17, 15) is 4.39 Å². The van der Waals surface area contributed by atoms with Crippen LogP contribution in [0.15, 0.2) is 0 Å². The Kier molecular flexibility index (Phi) is 3.35. The summed E-state index contributed by atoms with van der Waals surface area (Å²) in [5.74, 6) is -0.110. The topological polar surface area (TPSA) is 0 Å². The summed E-state index contributed by atoms with van der Waals surface area (Å²) in [5.41, 5.74) is 0. The molecule has 0 aromatic rings. The Labute approximate surface area is 48.7 Å². The molecule has 0 bridgehead atoms. The Morgan fingerprint density at radius 1 is 1.86 bits per heavy atom. The Bertz CT molecular complexity index is 45.3. The number of alkyl halides is 2. The Hall–Kier alpha value is 0.220. The minimum atomic E-state index is -0.377. The van der Waals surface area contributed by atoms with E-state index in [1.165, 1.54) is 0 Å². The zero-order valence-electron chi connectivity index (χ0n) is 4.32. The SMILES string of the molecule is [CH2]C(Cl)C(C)CF. The van der Waals surface area contributed by atoms with Crippen LogP contribution in [0.1, 0.15) is 6.92 Å². The molecule has 0 fully saturated rings. The average molecular weight is 124 g/mol. The first-order valence-electron chi connectivity index (χ1n) is 2.21. The molecule has 0 heterocycles. The van der Waals surface area contributed by atoms with Gasteiger partial charge in [0.05, 0.1) is 6.67 Å². The van der Waals surface area contributed by atoms with Gasteiger partial charge in [-0.25, -0.2) is 0 Å². The quantitative estimate of drug-likeness (QED) is 0.493. The molecule has 2 heteroatoms. The lowest BCUT2D eigenvalue weighted by atomic mass is 10.1. The lowest BCUT2D eigenvalue weighted by molar-refractivity contribution is 0.388. The van der Waals surface area contributed by atoms with Crippen molar-refractivity contribution in [2.75, 3.05) is 6.67 Å². The smallest absolute Gasteiger partial charge is 0.0934 e. The fourth-order valence-electron chi connectivity index (χ4n) is 0.0967. The fourth-order valence-corrected chi connectivity index (χ4v) is 0.164. The summed E-state index contributed by atoms with van der Waals surface area (Å²) in [4.78, 5) is 0. The molecular formula is C5H9ClF. The van der Waals surface area contributed by atoms with Crippen molar-refractivity contribution >= 4 is 11.6 Å². The van der Waals surface area contributed by atoms with E-state index in [1.807, 2.05) is 0 Å². The molecule has 0 nitrogen and oxygen atoms in total. The summed E-state index contributed by atoms with van der Waals surface area (Å²) < 4.78 is 11.5. The summed E-state index contributed by atoms with van der Waals surface area (Å²) >= 11 is 5.38. The summed E-state index contributed by atoms with van der Waals surface area (Å²) in [5, 5.41) is -0.287. The zero-order chi connectivity index (χ0) is 5.86. The second-order valence-corrected chi connectivity index (χ2v) is 2.21. The first-order valence-corrected chi connectivity index (χ1v) is 2.65. The van der Waals surface area contributed by atoms with Gasteiger partial charge in [0, 0.05) is 11.3 Å². The van der Waals surface area contributed by atoms with E-state index < -0.39 is 0 Å². The third-order valence-electron chi connectivity index (χ3n) is 0.861. The van der Waals surface area contributed by atoms with Crippen LogP contribution in [-0.2, 0) is 0 Å². The second-order valence-electron chi connectivity index (χ2n) is 1.65. The molecule has 0 rings (SSSR count). The highest BCUT2D eigenvalue weighted by Crippen LogP contribution is 2.07. The van der Waals surface area contributed by atoms with Crippen LogP contribution >= 0.6 is 11.6 Å². The van der Waals surface area contributed by atoms with Crippen LogP contribution in [0.25, 0.3) is 0 Å². The van der Waals surface area contributed by atoms with E-state index in [0.717, 1.165) is 0 Å². The van der Waals surface area contributed by atoms with Crippen LogP contribution in [0.4, 0.5) is 4.39 Å². The highest BCUT2D eigenvalue weighted by Gasteiger charge is 2.06. The lowest BCUT2D eigenvalue weighted by Crippen LogP contribution is -2.08. The highest BCUT2D eigenvalue weighted by atomic mass is 35.5. The maximum Gasteiger partial charge on any atom is 0.0934 e. The molecule has 0 saturated heterocycles. The van der Waals surface area contributed by atoms with E-state index in [0.29, 0.717) is 0 Å². The normalized spacial score (nSPS) is 18.9. The number of halogens is 2. The van der Waals surface area contributed by atoms with Crippen LogP contribution in [0, 0.1) is 12.8 Å². The van der Waals surface area contributed by atoms with Crippen LogP contribution in [0.3, 0.4) is 0 Å².